The Labute approximate surface area is 184 Å². The van der Waals surface area contributed by atoms with E-state index >= 15 is 0 Å². The molecule has 3 aliphatic rings. The third-order valence-electron chi connectivity index (χ3n) is 6.68. The minimum Gasteiger partial charge on any atom is -0.493 e. The summed E-state index contributed by atoms with van der Waals surface area (Å²) < 4.78 is 19.0. The van der Waals surface area contributed by atoms with E-state index in [0.29, 0.717) is 0 Å². The first kappa shape index (κ1) is 20.3. The first-order chi connectivity index (χ1) is 15.2. The summed E-state index contributed by atoms with van der Waals surface area (Å²) in [6.07, 6.45) is 9.21. The normalized spacial score (nSPS) is 18.2. The summed E-state index contributed by atoms with van der Waals surface area (Å²) in [4.78, 5) is 0. The van der Waals surface area contributed by atoms with E-state index in [4.69, 9.17) is 14.2 Å². The zero-order valence-corrected chi connectivity index (χ0v) is 18.4. The molecule has 0 unspecified atom stereocenters. The Kier molecular flexibility index (Phi) is 5.84. The topological polar surface area (TPSA) is 27.7 Å². The minimum absolute atomic E-state index is 0.760. The molecule has 0 saturated carbocycles. The molecule has 31 heavy (non-hydrogen) atoms. The van der Waals surface area contributed by atoms with Crippen LogP contribution in [0, 0.1) is 0 Å². The zero-order chi connectivity index (χ0) is 21.1. The number of morpholine rings is 1. The molecule has 1 saturated heterocycles. The van der Waals surface area contributed by atoms with Crippen LogP contribution in [0.15, 0.2) is 48.5 Å². The maximum absolute atomic E-state index is 6.23. The van der Waals surface area contributed by atoms with Gasteiger partial charge in [0, 0.05) is 16.8 Å². The molecule has 5 rings (SSSR count). The van der Waals surface area contributed by atoms with E-state index in [9.17, 15) is 0 Å². The number of rotatable bonds is 9. The molecule has 0 bridgehead atoms. The van der Waals surface area contributed by atoms with Gasteiger partial charge in [0.15, 0.2) is 0 Å². The maximum Gasteiger partial charge on any atom is 0.139 e. The van der Waals surface area contributed by atoms with Crippen LogP contribution >= 0.6 is 0 Å². The molecule has 2 aromatic carbocycles. The monoisotopic (exact) mass is 418 g/mol. The number of hydrogen-bond donors (Lipinski definition) is 0. The number of quaternary nitrogens is 1. The van der Waals surface area contributed by atoms with Gasteiger partial charge in [0.25, 0.3) is 0 Å². The van der Waals surface area contributed by atoms with E-state index < -0.39 is 0 Å². The van der Waals surface area contributed by atoms with Gasteiger partial charge in [-0.15, -0.1) is 0 Å². The van der Waals surface area contributed by atoms with Gasteiger partial charge in [0.05, 0.1) is 33.4 Å². The number of ether oxygens (including phenoxy) is 3. The lowest BCUT2D eigenvalue weighted by Gasteiger charge is -2.37. The second-order valence-electron chi connectivity index (χ2n) is 9.13. The summed E-state index contributed by atoms with van der Waals surface area (Å²) in [6, 6.07) is 14.5. The van der Waals surface area contributed by atoms with Crippen LogP contribution in [-0.2, 0) is 4.74 Å². The highest BCUT2D eigenvalue weighted by Crippen LogP contribution is 2.29. The molecule has 2 aliphatic heterocycles. The number of hydrogen-bond acceptors (Lipinski definition) is 3. The first-order valence-corrected chi connectivity index (χ1v) is 11.6. The number of unbranched alkanes of at least 4 members (excludes halogenated alkanes) is 3. The van der Waals surface area contributed by atoms with Gasteiger partial charge in [-0.1, -0.05) is 30.3 Å². The van der Waals surface area contributed by atoms with E-state index in [1.165, 1.54) is 46.3 Å². The third kappa shape index (κ3) is 4.56. The number of benzene rings is 2. The van der Waals surface area contributed by atoms with Crippen molar-refractivity contribution in [2.75, 3.05) is 46.5 Å². The fourth-order valence-electron chi connectivity index (χ4n) is 4.65. The Morgan fingerprint density at radius 1 is 0.935 bits per heavy atom. The number of likely N-dealkylation sites (N-methyl/N-ethyl adjacent to an activating group) is 1. The molecule has 0 aromatic heterocycles. The Hall–Kier alpha value is -2.56. The van der Waals surface area contributed by atoms with Crippen LogP contribution in [0.2, 0.25) is 0 Å². The average Bonchev–Trinajstić information content (AvgIpc) is 2.77. The quantitative estimate of drug-likeness (QED) is 0.461. The van der Waals surface area contributed by atoms with Crippen LogP contribution in [0.25, 0.3) is 17.4 Å². The maximum atomic E-state index is 6.23. The fraction of sp³-hybridized carbons (Fsp3) is 0.407. The van der Waals surface area contributed by atoms with E-state index in [-0.39, 0.29) is 0 Å². The van der Waals surface area contributed by atoms with Gasteiger partial charge < -0.3 is 18.7 Å². The molecule has 0 N–H and O–H groups in total. The molecule has 1 aliphatic carbocycles. The summed E-state index contributed by atoms with van der Waals surface area (Å²) >= 11 is 0. The van der Waals surface area contributed by atoms with Crippen LogP contribution in [0.1, 0.15) is 31.2 Å². The van der Waals surface area contributed by atoms with Crippen molar-refractivity contribution in [1.82, 2.24) is 0 Å². The molecule has 2 aromatic rings. The van der Waals surface area contributed by atoms with Crippen LogP contribution in [0.5, 0.6) is 11.5 Å². The van der Waals surface area contributed by atoms with Crippen molar-refractivity contribution in [2.24, 2.45) is 0 Å². The first-order valence-electron chi connectivity index (χ1n) is 11.6. The molecular formula is C27H32NO3+. The average molecular weight is 419 g/mol. The van der Waals surface area contributed by atoms with Gasteiger partial charge >= 0.3 is 0 Å². The van der Waals surface area contributed by atoms with E-state index in [0.717, 1.165) is 62.2 Å². The van der Waals surface area contributed by atoms with Crippen molar-refractivity contribution in [2.45, 2.75) is 25.7 Å². The molecular weight excluding hydrogens is 386 g/mol. The van der Waals surface area contributed by atoms with Crippen molar-refractivity contribution < 1.29 is 18.7 Å². The number of allylic oxidation sites excluding steroid dienone is 1. The highest BCUT2D eigenvalue weighted by atomic mass is 16.5. The summed E-state index contributed by atoms with van der Waals surface area (Å²) in [5.41, 5.74) is 2.35. The SMILES string of the molecule is C[N+]1(CCCCCCOc2cc3c4c(c2)=CC=4C=C(c2ccccc2)O3)CCOCC1. The van der Waals surface area contributed by atoms with Crippen LogP contribution in [-0.4, -0.2) is 51.0 Å². The highest BCUT2D eigenvalue weighted by molar-refractivity contribution is 5.96. The van der Waals surface area contributed by atoms with Gasteiger partial charge in [-0.25, -0.2) is 0 Å². The van der Waals surface area contributed by atoms with Crippen molar-refractivity contribution in [3.05, 3.63) is 64.5 Å². The van der Waals surface area contributed by atoms with Crippen LogP contribution in [0.3, 0.4) is 0 Å². The number of nitrogens with zero attached hydrogens (tertiary/aromatic N) is 1. The zero-order valence-electron chi connectivity index (χ0n) is 18.4. The van der Waals surface area contributed by atoms with Crippen LogP contribution in [0.4, 0.5) is 0 Å². The summed E-state index contributed by atoms with van der Waals surface area (Å²) in [7, 11) is 2.36. The minimum atomic E-state index is 0.760. The molecule has 2 heterocycles. The Morgan fingerprint density at radius 3 is 2.58 bits per heavy atom. The molecule has 4 nitrogen and oxygen atoms in total. The second kappa shape index (κ2) is 8.89. The van der Waals surface area contributed by atoms with E-state index in [1.54, 1.807) is 0 Å². The predicted molar refractivity (Wildman–Crippen MR) is 124 cm³/mol. The largest absolute Gasteiger partial charge is 0.493 e. The molecule has 0 spiro atoms. The van der Waals surface area contributed by atoms with Gasteiger partial charge in [-0.3, -0.25) is 0 Å². The van der Waals surface area contributed by atoms with Gasteiger partial charge in [0.1, 0.15) is 30.3 Å². The van der Waals surface area contributed by atoms with Gasteiger partial charge in [-0.05, 0) is 54.7 Å². The van der Waals surface area contributed by atoms with Gasteiger partial charge in [0.2, 0.25) is 0 Å². The standard InChI is InChI=1S/C27H32NO3/c1-28(12-15-29-16-13-28)11-7-2-3-8-14-30-24-18-22-17-23-19-25(21-9-5-4-6-10-21)31-26(20-24)27(22)23/h4-6,9-10,17-20H,2-3,7-8,11-16H2,1H3/q+1. The Balaban J connectivity index is 1.10. The fourth-order valence-corrected chi connectivity index (χ4v) is 4.65. The summed E-state index contributed by atoms with van der Waals surface area (Å²) in [5.74, 6) is 2.72. The molecule has 0 atom stereocenters. The molecule has 0 radical (unpaired) electrons. The Bertz CT molecular complexity index is 1080. The Morgan fingerprint density at radius 2 is 1.74 bits per heavy atom. The summed E-state index contributed by atoms with van der Waals surface area (Å²) in [5, 5.41) is 2.43. The lowest BCUT2D eigenvalue weighted by molar-refractivity contribution is -0.917. The van der Waals surface area contributed by atoms with E-state index in [2.05, 4.69) is 37.4 Å². The summed E-state index contributed by atoms with van der Waals surface area (Å²) in [6.45, 7) is 6.16. The van der Waals surface area contributed by atoms with Crippen molar-refractivity contribution in [3.8, 4) is 11.5 Å². The van der Waals surface area contributed by atoms with Gasteiger partial charge in [-0.2, -0.15) is 0 Å². The molecule has 4 heteroatoms. The predicted octanol–water partition coefficient (Wildman–Crippen LogP) is 3.48. The van der Waals surface area contributed by atoms with Crippen LogP contribution < -0.4 is 19.9 Å². The lowest BCUT2D eigenvalue weighted by Crippen LogP contribution is -2.52. The van der Waals surface area contributed by atoms with Crippen molar-refractivity contribution in [3.63, 3.8) is 0 Å². The third-order valence-corrected chi connectivity index (χ3v) is 6.68. The molecule has 0 amide bonds. The highest BCUT2D eigenvalue weighted by Gasteiger charge is 2.24. The smallest absolute Gasteiger partial charge is 0.139 e. The van der Waals surface area contributed by atoms with E-state index in [1.807, 2.05) is 24.3 Å². The lowest BCUT2D eigenvalue weighted by atomic mass is 9.95. The van der Waals surface area contributed by atoms with Crippen molar-refractivity contribution >= 4 is 17.4 Å². The molecule has 162 valence electrons. The molecule has 1 fully saturated rings. The van der Waals surface area contributed by atoms with Crippen molar-refractivity contribution in [1.29, 1.82) is 0 Å². The second-order valence-corrected chi connectivity index (χ2v) is 9.13.